The van der Waals surface area contributed by atoms with Crippen LogP contribution in [-0.4, -0.2) is 15.7 Å². The standard InChI is InChI=1S/C17H18F3N3O/c1-11(24)21-10-12-6-8-13(9-7-12)23-15-5-3-2-4-14(15)16(22-23)17(18,19)20/h6-9H,2-5,10H2,1H3,(H,21,24). The highest BCUT2D eigenvalue weighted by molar-refractivity contribution is 5.72. The van der Waals surface area contributed by atoms with Gasteiger partial charge >= 0.3 is 6.18 Å². The molecule has 0 saturated heterocycles. The number of nitrogens with one attached hydrogen (secondary N) is 1. The fraction of sp³-hybridized carbons (Fsp3) is 0.412. The number of hydrogen-bond donors (Lipinski definition) is 1. The Bertz CT molecular complexity index is 748. The number of amides is 1. The fourth-order valence-corrected chi connectivity index (χ4v) is 3.02. The fourth-order valence-electron chi connectivity index (χ4n) is 3.02. The highest BCUT2D eigenvalue weighted by Gasteiger charge is 2.39. The molecule has 1 N–H and O–H groups in total. The predicted molar refractivity (Wildman–Crippen MR) is 82.7 cm³/mol. The molecule has 1 amide bonds. The van der Waals surface area contributed by atoms with E-state index in [-0.39, 0.29) is 5.91 Å². The van der Waals surface area contributed by atoms with Crippen molar-refractivity contribution in [2.24, 2.45) is 0 Å². The maximum Gasteiger partial charge on any atom is 0.435 e. The molecule has 0 bridgehead atoms. The maximum atomic E-state index is 13.2. The monoisotopic (exact) mass is 337 g/mol. The van der Waals surface area contributed by atoms with Crippen LogP contribution < -0.4 is 5.32 Å². The molecule has 128 valence electrons. The summed E-state index contributed by atoms with van der Waals surface area (Å²) in [5.74, 6) is -0.130. The van der Waals surface area contributed by atoms with Crippen LogP contribution in [0.4, 0.5) is 13.2 Å². The van der Waals surface area contributed by atoms with Crippen molar-refractivity contribution in [2.75, 3.05) is 0 Å². The van der Waals surface area contributed by atoms with Gasteiger partial charge in [0.25, 0.3) is 0 Å². The number of carbonyl (C=O) groups excluding carboxylic acids is 1. The van der Waals surface area contributed by atoms with Crippen LogP contribution in [0.3, 0.4) is 0 Å². The van der Waals surface area contributed by atoms with Gasteiger partial charge < -0.3 is 5.32 Å². The molecule has 7 heteroatoms. The molecule has 4 nitrogen and oxygen atoms in total. The Morgan fingerprint density at radius 1 is 1.21 bits per heavy atom. The highest BCUT2D eigenvalue weighted by atomic mass is 19.4. The summed E-state index contributed by atoms with van der Waals surface area (Å²) >= 11 is 0. The number of hydrogen-bond acceptors (Lipinski definition) is 2. The second-order valence-electron chi connectivity index (χ2n) is 5.97. The zero-order valence-electron chi connectivity index (χ0n) is 13.3. The van der Waals surface area contributed by atoms with Crippen molar-refractivity contribution in [1.29, 1.82) is 0 Å². The summed E-state index contributed by atoms with van der Waals surface area (Å²) in [6.07, 6.45) is -1.77. The van der Waals surface area contributed by atoms with Crippen LogP contribution in [0.5, 0.6) is 0 Å². The van der Waals surface area contributed by atoms with Gasteiger partial charge in [-0.25, -0.2) is 4.68 Å². The van der Waals surface area contributed by atoms with E-state index in [2.05, 4.69) is 10.4 Å². The summed E-state index contributed by atoms with van der Waals surface area (Å²) in [4.78, 5) is 10.9. The Balaban J connectivity index is 1.94. The molecule has 24 heavy (non-hydrogen) atoms. The van der Waals surface area contributed by atoms with E-state index in [4.69, 9.17) is 0 Å². The van der Waals surface area contributed by atoms with Crippen molar-refractivity contribution in [3.8, 4) is 5.69 Å². The minimum Gasteiger partial charge on any atom is -0.352 e. The Hall–Kier alpha value is -2.31. The number of nitrogens with zero attached hydrogens (tertiary/aromatic N) is 2. The maximum absolute atomic E-state index is 13.2. The van der Waals surface area contributed by atoms with Crippen LogP contribution >= 0.6 is 0 Å². The second kappa shape index (κ2) is 6.30. The number of carbonyl (C=O) groups is 1. The lowest BCUT2D eigenvalue weighted by atomic mass is 9.95. The minimum absolute atomic E-state index is 0.130. The van der Waals surface area contributed by atoms with E-state index in [1.54, 1.807) is 24.3 Å². The third kappa shape index (κ3) is 3.29. The topological polar surface area (TPSA) is 46.9 Å². The van der Waals surface area contributed by atoms with Crippen molar-refractivity contribution in [3.05, 3.63) is 46.8 Å². The van der Waals surface area contributed by atoms with Crippen LogP contribution in [0, 0.1) is 0 Å². The molecule has 1 aromatic carbocycles. The third-order valence-corrected chi connectivity index (χ3v) is 4.17. The molecule has 0 atom stereocenters. The van der Waals surface area contributed by atoms with E-state index in [1.165, 1.54) is 11.6 Å². The number of fused-ring (bicyclic) bond motifs is 1. The molecular formula is C17H18F3N3O. The van der Waals surface area contributed by atoms with Crippen LogP contribution in [0.25, 0.3) is 5.69 Å². The minimum atomic E-state index is -4.43. The van der Waals surface area contributed by atoms with Gasteiger partial charge in [0.2, 0.25) is 5.91 Å². The zero-order chi connectivity index (χ0) is 17.3. The second-order valence-corrected chi connectivity index (χ2v) is 5.97. The molecule has 1 aliphatic rings. The first kappa shape index (κ1) is 16.5. The molecule has 1 aromatic heterocycles. The summed E-state index contributed by atoms with van der Waals surface area (Å²) in [5.41, 5.74) is 1.71. The molecule has 1 heterocycles. The molecule has 0 radical (unpaired) electrons. The zero-order valence-corrected chi connectivity index (χ0v) is 13.3. The van der Waals surface area contributed by atoms with Crippen molar-refractivity contribution < 1.29 is 18.0 Å². The summed E-state index contributed by atoms with van der Waals surface area (Å²) in [6.45, 7) is 1.82. The molecule has 0 saturated carbocycles. The normalized spacial score (nSPS) is 14.3. The van der Waals surface area contributed by atoms with Crippen molar-refractivity contribution >= 4 is 5.91 Å². The van der Waals surface area contributed by atoms with Gasteiger partial charge in [-0.3, -0.25) is 4.79 Å². The molecular weight excluding hydrogens is 319 g/mol. The molecule has 0 unspecified atom stereocenters. The Morgan fingerprint density at radius 2 is 1.88 bits per heavy atom. The lowest BCUT2D eigenvalue weighted by Crippen LogP contribution is -2.18. The van der Waals surface area contributed by atoms with Gasteiger partial charge in [-0.2, -0.15) is 18.3 Å². The van der Waals surface area contributed by atoms with E-state index in [0.717, 1.165) is 18.4 Å². The highest BCUT2D eigenvalue weighted by Crippen LogP contribution is 2.36. The van der Waals surface area contributed by atoms with E-state index in [9.17, 15) is 18.0 Å². The number of aromatic nitrogens is 2. The van der Waals surface area contributed by atoms with Gasteiger partial charge in [-0.1, -0.05) is 12.1 Å². The molecule has 3 rings (SSSR count). The van der Waals surface area contributed by atoms with Gasteiger partial charge in [-0.05, 0) is 43.4 Å². The number of halogens is 3. The van der Waals surface area contributed by atoms with Crippen LogP contribution in [0.1, 0.15) is 42.3 Å². The van der Waals surface area contributed by atoms with Gasteiger partial charge in [-0.15, -0.1) is 0 Å². The smallest absolute Gasteiger partial charge is 0.352 e. The summed E-state index contributed by atoms with van der Waals surface area (Å²) < 4.78 is 41.1. The molecule has 0 fully saturated rings. The van der Waals surface area contributed by atoms with E-state index < -0.39 is 11.9 Å². The van der Waals surface area contributed by atoms with Crippen LogP contribution in [-0.2, 0) is 30.4 Å². The third-order valence-electron chi connectivity index (χ3n) is 4.17. The largest absolute Gasteiger partial charge is 0.435 e. The number of benzene rings is 1. The Kier molecular flexibility index (Phi) is 4.34. The first-order chi connectivity index (χ1) is 11.4. The van der Waals surface area contributed by atoms with Gasteiger partial charge in [0, 0.05) is 24.7 Å². The quantitative estimate of drug-likeness (QED) is 0.933. The lowest BCUT2D eigenvalue weighted by molar-refractivity contribution is -0.142. The van der Waals surface area contributed by atoms with Gasteiger partial charge in [0.15, 0.2) is 5.69 Å². The van der Waals surface area contributed by atoms with Gasteiger partial charge in [0.1, 0.15) is 0 Å². The van der Waals surface area contributed by atoms with Crippen molar-refractivity contribution in [1.82, 2.24) is 15.1 Å². The Labute approximate surface area is 137 Å². The van der Waals surface area contributed by atoms with E-state index in [0.29, 0.717) is 36.3 Å². The molecule has 0 aliphatic heterocycles. The summed E-state index contributed by atoms with van der Waals surface area (Å²) in [5, 5.41) is 6.54. The SMILES string of the molecule is CC(=O)NCc1ccc(-n2nc(C(F)(F)F)c3c2CCCC3)cc1. The first-order valence-corrected chi connectivity index (χ1v) is 7.88. The predicted octanol–water partition coefficient (Wildman–Crippen LogP) is 3.41. The van der Waals surface area contributed by atoms with Crippen molar-refractivity contribution in [3.63, 3.8) is 0 Å². The molecule has 1 aliphatic carbocycles. The van der Waals surface area contributed by atoms with Crippen LogP contribution in [0.15, 0.2) is 24.3 Å². The van der Waals surface area contributed by atoms with Crippen LogP contribution in [0.2, 0.25) is 0 Å². The van der Waals surface area contributed by atoms with Gasteiger partial charge in [0.05, 0.1) is 5.69 Å². The molecule has 0 spiro atoms. The van der Waals surface area contributed by atoms with E-state index >= 15 is 0 Å². The number of alkyl halides is 3. The summed E-state index contributed by atoms with van der Waals surface area (Å²) in [7, 11) is 0. The Morgan fingerprint density at radius 3 is 2.50 bits per heavy atom. The average molecular weight is 337 g/mol. The van der Waals surface area contributed by atoms with Crippen molar-refractivity contribution in [2.45, 2.75) is 45.3 Å². The van der Waals surface area contributed by atoms with E-state index in [1.807, 2.05) is 0 Å². The lowest BCUT2D eigenvalue weighted by Gasteiger charge is -2.15. The molecule has 2 aromatic rings. The number of rotatable bonds is 3. The summed E-state index contributed by atoms with van der Waals surface area (Å²) in [6, 6.07) is 7.04. The first-order valence-electron chi connectivity index (χ1n) is 7.88. The average Bonchev–Trinajstić information content (AvgIpc) is 2.93.